The fourth-order valence-corrected chi connectivity index (χ4v) is 5.98. The summed E-state index contributed by atoms with van der Waals surface area (Å²) in [6, 6.07) is 13.2. The first kappa shape index (κ1) is 26.2. The van der Waals surface area contributed by atoms with Gasteiger partial charge in [0.15, 0.2) is 0 Å². The predicted octanol–water partition coefficient (Wildman–Crippen LogP) is 10.0. The number of unbranched alkanes of at least 4 members (excludes halogenated alkanes) is 2. The van der Waals surface area contributed by atoms with E-state index >= 15 is 0 Å². The van der Waals surface area contributed by atoms with Crippen molar-refractivity contribution in [3.05, 3.63) is 70.3 Å². The molecular weight excluding hydrogens is 464 g/mol. The maximum Gasteiger partial charge on any atom is 0.0693 e. The number of fused-ring (bicyclic) bond motifs is 8. The Morgan fingerprint density at radius 1 is 0.605 bits per heavy atom. The van der Waals surface area contributed by atoms with Gasteiger partial charge in [0.05, 0.1) is 22.8 Å². The lowest BCUT2D eigenvalue weighted by Crippen LogP contribution is -2.01. The van der Waals surface area contributed by atoms with E-state index in [1.165, 1.54) is 60.7 Å². The Balaban J connectivity index is 1.79. The normalized spacial score (nSPS) is 14.2. The van der Waals surface area contributed by atoms with Crippen LogP contribution in [0.5, 0.6) is 0 Å². The molecule has 2 aliphatic rings. The molecule has 5 rings (SSSR count). The van der Waals surface area contributed by atoms with Gasteiger partial charge < -0.3 is 9.97 Å². The van der Waals surface area contributed by atoms with E-state index in [9.17, 15) is 0 Å². The molecule has 0 fully saturated rings. The number of hydrogen-bond donors (Lipinski definition) is 2. The minimum Gasteiger partial charge on any atom is -0.355 e. The molecule has 5 heterocycles. The van der Waals surface area contributed by atoms with Crippen molar-refractivity contribution in [3.63, 3.8) is 0 Å². The monoisotopic (exact) mass is 506 g/mol. The molecule has 0 aliphatic carbocycles. The fourth-order valence-electron chi connectivity index (χ4n) is 5.98. The Morgan fingerprint density at radius 3 is 1.50 bits per heavy atom. The minimum atomic E-state index is 0.468. The average molecular weight is 507 g/mol. The molecule has 2 unspecified atom stereocenters. The van der Waals surface area contributed by atoms with Crippen molar-refractivity contribution in [2.45, 2.75) is 90.9 Å². The molecule has 3 aromatic rings. The largest absolute Gasteiger partial charge is 0.355 e. The second kappa shape index (κ2) is 12.0. The second-order valence-electron chi connectivity index (χ2n) is 10.8. The van der Waals surface area contributed by atoms with Crippen molar-refractivity contribution in [2.75, 3.05) is 0 Å². The highest BCUT2D eigenvalue weighted by molar-refractivity contribution is 5.81. The van der Waals surface area contributed by atoms with E-state index < -0.39 is 0 Å². The first-order valence-corrected chi connectivity index (χ1v) is 14.7. The molecule has 3 aromatic heterocycles. The molecule has 0 aromatic carbocycles. The Morgan fingerprint density at radius 2 is 1.08 bits per heavy atom. The molecule has 198 valence electrons. The van der Waals surface area contributed by atoms with Gasteiger partial charge in [-0.1, -0.05) is 53.4 Å². The molecule has 0 saturated heterocycles. The maximum absolute atomic E-state index is 5.11. The van der Waals surface area contributed by atoms with Crippen molar-refractivity contribution in [1.29, 1.82) is 0 Å². The fraction of sp³-hybridized carbons (Fsp3) is 0.412. The number of rotatable bonds is 10. The number of H-pyrrole nitrogens is 2. The first-order valence-electron chi connectivity index (χ1n) is 14.7. The van der Waals surface area contributed by atoms with E-state index in [-0.39, 0.29) is 0 Å². The van der Waals surface area contributed by atoms with Crippen molar-refractivity contribution in [2.24, 2.45) is 0 Å². The SMILES string of the molecule is CCCCC(CC)c1c2nc(cc3nc(c(C(CC)CCCC)c4ccc(cc5ccc1[nH]5)[nH]4)C=C3)C=C2. The highest BCUT2D eigenvalue weighted by atomic mass is 14.8. The van der Waals surface area contributed by atoms with Gasteiger partial charge in [0, 0.05) is 33.2 Å². The molecule has 4 nitrogen and oxygen atoms in total. The predicted molar refractivity (Wildman–Crippen MR) is 164 cm³/mol. The van der Waals surface area contributed by atoms with Crippen LogP contribution in [0.4, 0.5) is 0 Å². The molecule has 2 atom stereocenters. The van der Waals surface area contributed by atoms with Crippen LogP contribution in [0.3, 0.4) is 0 Å². The van der Waals surface area contributed by atoms with Gasteiger partial charge in [-0.05, 0) is 98.2 Å². The van der Waals surface area contributed by atoms with Gasteiger partial charge in [0.25, 0.3) is 0 Å². The van der Waals surface area contributed by atoms with E-state index in [4.69, 9.17) is 9.97 Å². The summed E-state index contributed by atoms with van der Waals surface area (Å²) >= 11 is 0. The van der Waals surface area contributed by atoms with Crippen LogP contribution < -0.4 is 0 Å². The third-order valence-electron chi connectivity index (χ3n) is 8.09. The van der Waals surface area contributed by atoms with Gasteiger partial charge in [0.1, 0.15) is 0 Å². The average Bonchev–Trinajstić information content (AvgIpc) is 3.74. The lowest BCUT2D eigenvalue weighted by Gasteiger charge is -2.16. The number of aromatic nitrogens is 4. The summed E-state index contributed by atoms with van der Waals surface area (Å²) in [6.07, 6.45) is 18.1. The summed E-state index contributed by atoms with van der Waals surface area (Å²) in [5.74, 6) is 0.935. The molecule has 0 amide bonds. The molecule has 2 aliphatic heterocycles. The first-order chi connectivity index (χ1) is 18.6. The smallest absolute Gasteiger partial charge is 0.0693 e. The van der Waals surface area contributed by atoms with Crippen molar-refractivity contribution >= 4 is 46.4 Å². The van der Waals surface area contributed by atoms with Gasteiger partial charge >= 0.3 is 0 Å². The molecule has 0 saturated carbocycles. The Hall–Kier alpha value is -3.40. The summed E-state index contributed by atoms with van der Waals surface area (Å²) in [5.41, 5.74) is 11.3. The molecule has 8 bridgehead atoms. The lowest BCUT2D eigenvalue weighted by molar-refractivity contribution is 0.570. The zero-order valence-corrected chi connectivity index (χ0v) is 23.5. The van der Waals surface area contributed by atoms with Crippen LogP contribution >= 0.6 is 0 Å². The van der Waals surface area contributed by atoms with Gasteiger partial charge in [-0.3, -0.25) is 0 Å². The van der Waals surface area contributed by atoms with Gasteiger partial charge in [0.2, 0.25) is 0 Å². The summed E-state index contributed by atoms with van der Waals surface area (Å²) in [6.45, 7) is 9.14. The third kappa shape index (κ3) is 5.55. The zero-order chi connectivity index (χ0) is 26.5. The van der Waals surface area contributed by atoms with Gasteiger partial charge in [-0.2, -0.15) is 0 Å². The highest BCUT2D eigenvalue weighted by Gasteiger charge is 2.19. The van der Waals surface area contributed by atoms with Gasteiger partial charge in [-0.15, -0.1) is 0 Å². The van der Waals surface area contributed by atoms with E-state index in [2.05, 4.69) is 98.4 Å². The van der Waals surface area contributed by atoms with E-state index in [0.29, 0.717) is 11.8 Å². The second-order valence-corrected chi connectivity index (χ2v) is 10.8. The number of nitrogens with one attached hydrogen (secondary N) is 2. The van der Waals surface area contributed by atoms with Crippen LogP contribution in [0.25, 0.3) is 46.4 Å². The summed E-state index contributed by atoms with van der Waals surface area (Å²) in [5, 5.41) is 0. The minimum absolute atomic E-state index is 0.468. The third-order valence-corrected chi connectivity index (χ3v) is 8.09. The number of aromatic amines is 2. The zero-order valence-electron chi connectivity index (χ0n) is 23.5. The topological polar surface area (TPSA) is 57.4 Å². The van der Waals surface area contributed by atoms with Crippen LogP contribution in [0.15, 0.2) is 36.4 Å². The van der Waals surface area contributed by atoms with Crippen molar-refractivity contribution < 1.29 is 0 Å². The van der Waals surface area contributed by atoms with Crippen LogP contribution in [-0.4, -0.2) is 19.9 Å². The van der Waals surface area contributed by atoms with Crippen LogP contribution in [0, 0.1) is 0 Å². The van der Waals surface area contributed by atoms with Crippen molar-refractivity contribution in [1.82, 2.24) is 19.9 Å². The molecule has 2 N–H and O–H groups in total. The molecule has 4 heteroatoms. The highest BCUT2D eigenvalue weighted by Crippen LogP contribution is 2.34. The van der Waals surface area contributed by atoms with E-state index in [0.717, 1.165) is 46.7 Å². The summed E-state index contributed by atoms with van der Waals surface area (Å²) in [4.78, 5) is 17.7. The van der Waals surface area contributed by atoms with Gasteiger partial charge in [-0.25, -0.2) is 9.97 Å². The standard InChI is InChI=1S/C34H42N4/c1-5-9-11-23(7-3)33-29-17-13-25(35-29)21-27-15-19-31(37-27)34(24(8-4)12-10-6-2)32-20-16-28(38-32)22-26-14-18-30(33)36-26/h13-24,35,37H,5-12H2,1-4H3. The number of hydrogen-bond acceptors (Lipinski definition) is 2. The van der Waals surface area contributed by atoms with Crippen LogP contribution in [0.1, 0.15) is 125 Å². The Labute approximate surface area is 227 Å². The van der Waals surface area contributed by atoms with Crippen LogP contribution in [0.2, 0.25) is 0 Å². The number of nitrogens with zero attached hydrogens (tertiary/aromatic N) is 2. The summed E-state index contributed by atoms with van der Waals surface area (Å²) in [7, 11) is 0. The molecular formula is C34H42N4. The van der Waals surface area contributed by atoms with Crippen LogP contribution in [-0.2, 0) is 0 Å². The van der Waals surface area contributed by atoms with Crippen molar-refractivity contribution in [3.8, 4) is 0 Å². The maximum atomic E-state index is 5.11. The molecule has 38 heavy (non-hydrogen) atoms. The summed E-state index contributed by atoms with van der Waals surface area (Å²) < 4.78 is 0. The Bertz CT molecular complexity index is 1370. The Kier molecular flexibility index (Phi) is 8.26. The molecule has 0 radical (unpaired) electrons. The molecule has 0 spiro atoms. The quantitative estimate of drug-likeness (QED) is 0.198. The lowest BCUT2D eigenvalue weighted by atomic mass is 9.90. The van der Waals surface area contributed by atoms with E-state index in [1.54, 1.807) is 0 Å². The van der Waals surface area contributed by atoms with E-state index in [1.807, 2.05) is 0 Å².